The summed E-state index contributed by atoms with van der Waals surface area (Å²) >= 11 is 0. The van der Waals surface area contributed by atoms with Gasteiger partial charge in [-0.3, -0.25) is 9.69 Å². The first-order chi connectivity index (χ1) is 15.3. The Morgan fingerprint density at radius 2 is 1.69 bits per heavy atom. The summed E-state index contributed by atoms with van der Waals surface area (Å²) in [7, 11) is -3.66. The average molecular weight is 461 g/mol. The fourth-order valence-electron chi connectivity index (χ4n) is 4.63. The molecule has 1 aromatic carbocycles. The summed E-state index contributed by atoms with van der Waals surface area (Å²) in [5.41, 5.74) is 2.74. The molecule has 0 aliphatic carbocycles. The molecule has 2 aliphatic heterocycles. The van der Waals surface area contributed by atoms with Crippen molar-refractivity contribution in [3.05, 3.63) is 46.8 Å². The van der Waals surface area contributed by atoms with E-state index in [1.54, 1.807) is 13.8 Å². The molecule has 0 saturated carbocycles. The Labute approximate surface area is 190 Å². The van der Waals surface area contributed by atoms with Gasteiger partial charge in [-0.05, 0) is 63.7 Å². The fraction of sp³-hybridized carbons (Fsp3) is 0.565. The Morgan fingerprint density at radius 1 is 1.06 bits per heavy atom. The molecule has 0 unspecified atom stereocenters. The first-order valence-electron chi connectivity index (χ1n) is 11.4. The second kappa shape index (κ2) is 9.72. The lowest BCUT2D eigenvalue weighted by atomic mass is 9.97. The van der Waals surface area contributed by atoms with E-state index < -0.39 is 10.0 Å². The largest absolute Gasteiger partial charge is 0.360 e. The standard InChI is InChI=1S/C23H32N4O4S/c1-17-22(18(2)31-25-17)32(29,30)27-13-9-21(10-14-27)23(28)24-15-19-5-7-20(8-6-19)16-26-11-3-4-12-26/h5-8,21H,3-4,9-16H2,1-2H3,(H,24,28). The van der Waals surface area contributed by atoms with Crippen LogP contribution >= 0.6 is 0 Å². The molecule has 3 heterocycles. The van der Waals surface area contributed by atoms with Crippen LogP contribution < -0.4 is 5.32 Å². The van der Waals surface area contributed by atoms with Gasteiger partial charge in [0.1, 0.15) is 10.6 Å². The second-order valence-electron chi connectivity index (χ2n) is 8.85. The lowest BCUT2D eigenvalue weighted by Crippen LogP contribution is -2.43. The van der Waals surface area contributed by atoms with Crippen LogP contribution in [0, 0.1) is 19.8 Å². The topological polar surface area (TPSA) is 95.8 Å². The quantitative estimate of drug-likeness (QED) is 0.682. The Hall–Kier alpha value is -2.23. The third kappa shape index (κ3) is 5.05. The minimum Gasteiger partial charge on any atom is -0.360 e. The highest BCUT2D eigenvalue weighted by molar-refractivity contribution is 7.89. The number of hydrogen-bond acceptors (Lipinski definition) is 6. The zero-order valence-corrected chi connectivity index (χ0v) is 19.7. The Morgan fingerprint density at radius 3 is 2.28 bits per heavy atom. The Bertz CT molecular complexity index is 1010. The third-order valence-corrected chi connectivity index (χ3v) is 8.63. The van der Waals surface area contributed by atoms with Crippen LogP contribution in [-0.2, 0) is 27.9 Å². The van der Waals surface area contributed by atoms with Gasteiger partial charge in [0.2, 0.25) is 15.9 Å². The highest BCUT2D eigenvalue weighted by atomic mass is 32.2. The van der Waals surface area contributed by atoms with Crippen molar-refractivity contribution in [2.45, 2.75) is 57.5 Å². The van der Waals surface area contributed by atoms with Crippen LogP contribution in [0.2, 0.25) is 0 Å². The third-order valence-electron chi connectivity index (χ3n) is 6.49. The maximum absolute atomic E-state index is 12.9. The molecule has 1 N–H and O–H groups in total. The van der Waals surface area contributed by atoms with Crippen molar-refractivity contribution in [2.24, 2.45) is 5.92 Å². The van der Waals surface area contributed by atoms with Gasteiger partial charge in [-0.1, -0.05) is 29.4 Å². The molecule has 2 aliphatic rings. The molecule has 9 heteroatoms. The molecular formula is C23H32N4O4S. The van der Waals surface area contributed by atoms with E-state index in [1.807, 2.05) is 0 Å². The van der Waals surface area contributed by atoms with E-state index in [4.69, 9.17) is 4.52 Å². The van der Waals surface area contributed by atoms with Crippen molar-refractivity contribution < 1.29 is 17.7 Å². The first kappa shape index (κ1) is 22.9. The van der Waals surface area contributed by atoms with Crippen LogP contribution in [0.25, 0.3) is 0 Å². The predicted molar refractivity (Wildman–Crippen MR) is 120 cm³/mol. The van der Waals surface area contributed by atoms with Gasteiger partial charge in [-0.15, -0.1) is 0 Å². The summed E-state index contributed by atoms with van der Waals surface area (Å²) in [6.07, 6.45) is 3.58. The monoisotopic (exact) mass is 460 g/mol. The zero-order valence-electron chi connectivity index (χ0n) is 18.8. The molecule has 1 amide bonds. The van der Waals surface area contributed by atoms with Crippen molar-refractivity contribution in [2.75, 3.05) is 26.2 Å². The van der Waals surface area contributed by atoms with Gasteiger partial charge in [-0.25, -0.2) is 8.42 Å². The molecule has 1 aromatic heterocycles. The summed E-state index contributed by atoms with van der Waals surface area (Å²) in [5.74, 6) is 0.106. The number of sulfonamides is 1. The van der Waals surface area contributed by atoms with Gasteiger partial charge in [0.15, 0.2) is 5.76 Å². The van der Waals surface area contributed by atoms with Crippen LogP contribution in [0.4, 0.5) is 0 Å². The SMILES string of the molecule is Cc1noc(C)c1S(=O)(=O)N1CCC(C(=O)NCc2ccc(CN3CCCC3)cc2)CC1. The van der Waals surface area contributed by atoms with E-state index in [0.717, 1.165) is 12.1 Å². The number of likely N-dealkylation sites (tertiary alicyclic amines) is 1. The van der Waals surface area contributed by atoms with Crippen molar-refractivity contribution >= 4 is 15.9 Å². The van der Waals surface area contributed by atoms with Gasteiger partial charge in [0.25, 0.3) is 0 Å². The maximum atomic E-state index is 12.9. The van der Waals surface area contributed by atoms with Gasteiger partial charge in [0, 0.05) is 32.1 Å². The summed E-state index contributed by atoms with van der Waals surface area (Å²) in [5, 5.41) is 6.78. The molecule has 2 saturated heterocycles. The van der Waals surface area contributed by atoms with E-state index >= 15 is 0 Å². The lowest BCUT2D eigenvalue weighted by Gasteiger charge is -2.30. The summed E-state index contributed by atoms with van der Waals surface area (Å²) in [6, 6.07) is 8.42. The van der Waals surface area contributed by atoms with Crippen LogP contribution in [0.3, 0.4) is 0 Å². The van der Waals surface area contributed by atoms with Gasteiger partial charge in [0.05, 0.1) is 0 Å². The molecule has 8 nitrogen and oxygen atoms in total. The number of hydrogen-bond donors (Lipinski definition) is 1. The molecule has 4 rings (SSSR count). The molecule has 2 aromatic rings. The molecule has 0 radical (unpaired) electrons. The molecular weight excluding hydrogens is 428 g/mol. The molecule has 2 fully saturated rings. The summed E-state index contributed by atoms with van der Waals surface area (Å²) in [4.78, 5) is 15.3. The van der Waals surface area contributed by atoms with E-state index in [0.29, 0.717) is 43.9 Å². The lowest BCUT2D eigenvalue weighted by molar-refractivity contribution is -0.126. The average Bonchev–Trinajstić information content (AvgIpc) is 3.42. The second-order valence-corrected chi connectivity index (χ2v) is 10.7. The summed E-state index contributed by atoms with van der Waals surface area (Å²) in [6.45, 7) is 7.69. The number of nitrogens with zero attached hydrogens (tertiary/aromatic N) is 3. The van der Waals surface area contributed by atoms with Crippen molar-refractivity contribution in [1.82, 2.24) is 19.7 Å². The van der Waals surface area contributed by atoms with Crippen LogP contribution in [0.5, 0.6) is 0 Å². The van der Waals surface area contributed by atoms with Crippen molar-refractivity contribution in [3.63, 3.8) is 0 Å². The van der Waals surface area contributed by atoms with Crippen LogP contribution in [-0.4, -0.2) is 54.9 Å². The molecule has 0 bridgehead atoms. The minimum atomic E-state index is -3.66. The van der Waals surface area contributed by atoms with E-state index in [9.17, 15) is 13.2 Å². The number of nitrogens with one attached hydrogen (secondary N) is 1. The molecule has 0 atom stereocenters. The van der Waals surface area contributed by atoms with Gasteiger partial charge in [-0.2, -0.15) is 4.31 Å². The smallest absolute Gasteiger partial charge is 0.248 e. The number of carbonyl (C=O) groups is 1. The minimum absolute atomic E-state index is 0.0134. The fourth-order valence-corrected chi connectivity index (χ4v) is 6.39. The van der Waals surface area contributed by atoms with E-state index in [-0.39, 0.29) is 16.7 Å². The van der Waals surface area contributed by atoms with Crippen molar-refractivity contribution in [1.29, 1.82) is 0 Å². The van der Waals surface area contributed by atoms with E-state index in [1.165, 1.54) is 35.8 Å². The maximum Gasteiger partial charge on any atom is 0.248 e. The number of rotatable bonds is 7. The zero-order chi connectivity index (χ0) is 22.7. The number of carbonyl (C=O) groups excluding carboxylic acids is 1. The summed E-state index contributed by atoms with van der Waals surface area (Å²) < 4.78 is 32.3. The number of amides is 1. The first-order valence-corrected chi connectivity index (χ1v) is 12.8. The Kier molecular flexibility index (Phi) is 6.97. The van der Waals surface area contributed by atoms with Crippen molar-refractivity contribution in [3.8, 4) is 0 Å². The number of piperidine rings is 1. The molecule has 174 valence electrons. The molecule has 0 spiro atoms. The highest BCUT2D eigenvalue weighted by Gasteiger charge is 2.35. The van der Waals surface area contributed by atoms with Crippen LogP contribution in [0.1, 0.15) is 48.3 Å². The van der Waals surface area contributed by atoms with Gasteiger partial charge >= 0.3 is 0 Å². The number of aryl methyl sites for hydroxylation is 2. The molecule has 32 heavy (non-hydrogen) atoms. The van der Waals surface area contributed by atoms with E-state index in [2.05, 4.69) is 39.6 Å². The predicted octanol–water partition coefficient (Wildman–Crippen LogP) is 2.60. The number of benzene rings is 1. The number of aromatic nitrogens is 1. The normalized spacial score (nSPS) is 18.8. The highest BCUT2D eigenvalue weighted by Crippen LogP contribution is 2.27. The Balaban J connectivity index is 1.26. The van der Waals surface area contributed by atoms with Gasteiger partial charge < -0.3 is 9.84 Å². The van der Waals surface area contributed by atoms with Crippen LogP contribution in [0.15, 0.2) is 33.7 Å².